The summed E-state index contributed by atoms with van der Waals surface area (Å²) >= 11 is 1.59. The van der Waals surface area contributed by atoms with Gasteiger partial charge in [0, 0.05) is 18.5 Å². The van der Waals surface area contributed by atoms with Gasteiger partial charge < -0.3 is 15.2 Å². The van der Waals surface area contributed by atoms with Crippen LogP contribution < -0.4 is 10.5 Å². The van der Waals surface area contributed by atoms with Crippen LogP contribution in [-0.4, -0.2) is 12.1 Å². The Balaban J connectivity index is 2.02. The number of aryl methyl sites for hydroxylation is 1. The molecule has 0 atom stereocenters. The molecule has 20 heavy (non-hydrogen) atoms. The summed E-state index contributed by atoms with van der Waals surface area (Å²) in [4.78, 5) is 5.58. The molecule has 1 aromatic heterocycles. The van der Waals surface area contributed by atoms with Gasteiger partial charge in [-0.05, 0) is 24.1 Å². The number of rotatable bonds is 7. The summed E-state index contributed by atoms with van der Waals surface area (Å²) in [5.41, 5.74) is 7.90. The fraction of sp³-hybridized carbons (Fsp3) is 0.400. The molecule has 0 radical (unpaired) electrons. The van der Waals surface area contributed by atoms with E-state index in [2.05, 4.69) is 24.0 Å². The van der Waals surface area contributed by atoms with Crippen LogP contribution in [0, 0.1) is 0 Å². The Morgan fingerprint density at radius 3 is 2.85 bits per heavy atom. The first-order valence-corrected chi connectivity index (χ1v) is 7.46. The van der Waals surface area contributed by atoms with Crippen molar-refractivity contribution in [2.75, 3.05) is 7.11 Å². The van der Waals surface area contributed by atoms with Gasteiger partial charge in [-0.25, -0.2) is 4.98 Å². The number of aromatic nitrogens is 1. The predicted octanol–water partition coefficient (Wildman–Crippen LogP) is 2.89. The molecule has 2 aromatic rings. The molecule has 0 spiro atoms. The van der Waals surface area contributed by atoms with Crippen LogP contribution in [0.3, 0.4) is 0 Å². The first-order chi connectivity index (χ1) is 9.76. The van der Waals surface area contributed by atoms with Crippen LogP contribution in [0.15, 0.2) is 24.3 Å². The van der Waals surface area contributed by atoms with Crippen molar-refractivity contribution in [2.24, 2.45) is 5.73 Å². The SMILES string of the molecule is CCc1cccc(OCc2nc(COC)c(CN)s2)c1. The summed E-state index contributed by atoms with van der Waals surface area (Å²) in [5, 5.41) is 0.930. The molecule has 1 aromatic carbocycles. The van der Waals surface area contributed by atoms with E-state index in [0.717, 1.165) is 27.7 Å². The minimum absolute atomic E-state index is 0.467. The quantitative estimate of drug-likeness (QED) is 0.852. The Labute approximate surface area is 123 Å². The normalized spacial score (nSPS) is 10.8. The van der Waals surface area contributed by atoms with E-state index in [0.29, 0.717) is 19.8 Å². The van der Waals surface area contributed by atoms with Crippen LogP contribution in [0.25, 0.3) is 0 Å². The molecule has 0 saturated carbocycles. The zero-order valence-electron chi connectivity index (χ0n) is 11.9. The van der Waals surface area contributed by atoms with Crippen molar-refractivity contribution in [1.82, 2.24) is 4.98 Å². The topological polar surface area (TPSA) is 57.4 Å². The highest BCUT2D eigenvalue weighted by molar-refractivity contribution is 7.11. The third kappa shape index (κ3) is 3.79. The van der Waals surface area contributed by atoms with Crippen molar-refractivity contribution in [1.29, 1.82) is 0 Å². The number of nitrogens with zero attached hydrogens (tertiary/aromatic N) is 1. The lowest BCUT2D eigenvalue weighted by Crippen LogP contribution is -1.99. The van der Waals surface area contributed by atoms with E-state index in [4.69, 9.17) is 15.2 Å². The molecule has 4 nitrogen and oxygen atoms in total. The average Bonchev–Trinajstić information content (AvgIpc) is 2.88. The number of thiazole rings is 1. The standard InChI is InChI=1S/C15H20N2O2S/c1-3-11-5-4-6-12(7-11)19-10-15-17-13(9-18-2)14(8-16)20-15/h4-7H,3,8-10,16H2,1-2H3. The van der Waals surface area contributed by atoms with E-state index in [-0.39, 0.29) is 0 Å². The molecule has 0 unspecified atom stereocenters. The van der Waals surface area contributed by atoms with Crippen LogP contribution >= 0.6 is 11.3 Å². The van der Waals surface area contributed by atoms with Gasteiger partial charge >= 0.3 is 0 Å². The van der Waals surface area contributed by atoms with Crippen molar-refractivity contribution in [3.05, 3.63) is 45.4 Å². The van der Waals surface area contributed by atoms with Gasteiger partial charge in [-0.2, -0.15) is 0 Å². The first kappa shape index (κ1) is 15.0. The van der Waals surface area contributed by atoms with Crippen LogP contribution in [0.2, 0.25) is 0 Å². The van der Waals surface area contributed by atoms with E-state index < -0.39 is 0 Å². The summed E-state index contributed by atoms with van der Waals surface area (Å²) < 4.78 is 10.9. The lowest BCUT2D eigenvalue weighted by atomic mass is 10.2. The molecule has 0 saturated heterocycles. The molecule has 2 rings (SSSR count). The first-order valence-electron chi connectivity index (χ1n) is 6.65. The number of nitrogens with two attached hydrogens (primary N) is 1. The lowest BCUT2D eigenvalue weighted by Gasteiger charge is -2.05. The number of hydrogen-bond acceptors (Lipinski definition) is 5. The largest absolute Gasteiger partial charge is 0.486 e. The van der Waals surface area contributed by atoms with Crippen LogP contribution in [0.1, 0.15) is 28.1 Å². The van der Waals surface area contributed by atoms with E-state index >= 15 is 0 Å². The second-order valence-electron chi connectivity index (χ2n) is 4.40. The average molecular weight is 292 g/mol. The summed E-state index contributed by atoms with van der Waals surface area (Å²) in [6.07, 6.45) is 1.00. The Morgan fingerprint density at radius 2 is 2.15 bits per heavy atom. The van der Waals surface area contributed by atoms with Gasteiger partial charge in [0.15, 0.2) is 0 Å². The predicted molar refractivity (Wildman–Crippen MR) is 80.9 cm³/mol. The molecule has 1 heterocycles. The highest BCUT2D eigenvalue weighted by atomic mass is 32.1. The van der Waals surface area contributed by atoms with E-state index in [9.17, 15) is 0 Å². The second kappa shape index (κ2) is 7.38. The summed E-state index contributed by atoms with van der Waals surface area (Å²) in [6, 6.07) is 8.14. The fourth-order valence-corrected chi connectivity index (χ4v) is 2.77. The van der Waals surface area contributed by atoms with Gasteiger partial charge in [0.2, 0.25) is 0 Å². The zero-order chi connectivity index (χ0) is 14.4. The molecule has 0 fully saturated rings. The van der Waals surface area contributed by atoms with Crippen molar-refractivity contribution >= 4 is 11.3 Å². The maximum Gasteiger partial charge on any atom is 0.140 e. The molecule has 108 valence electrons. The zero-order valence-corrected chi connectivity index (χ0v) is 12.7. The summed E-state index contributed by atoms with van der Waals surface area (Å²) in [7, 11) is 1.66. The van der Waals surface area contributed by atoms with E-state index in [1.54, 1.807) is 18.4 Å². The smallest absolute Gasteiger partial charge is 0.140 e. The highest BCUT2D eigenvalue weighted by Crippen LogP contribution is 2.21. The Hall–Kier alpha value is -1.43. The second-order valence-corrected chi connectivity index (χ2v) is 5.57. The van der Waals surface area contributed by atoms with Gasteiger partial charge in [-0.15, -0.1) is 11.3 Å². The molecule has 0 amide bonds. The van der Waals surface area contributed by atoms with Gasteiger partial charge in [0.25, 0.3) is 0 Å². The molecule has 0 aliphatic carbocycles. The van der Waals surface area contributed by atoms with Crippen molar-refractivity contribution in [3.8, 4) is 5.75 Å². The van der Waals surface area contributed by atoms with E-state index in [1.807, 2.05) is 12.1 Å². The van der Waals surface area contributed by atoms with Crippen molar-refractivity contribution in [3.63, 3.8) is 0 Å². The fourth-order valence-electron chi connectivity index (χ4n) is 1.91. The summed E-state index contributed by atoms with van der Waals surface area (Å²) in [6.45, 7) is 3.58. The Morgan fingerprint density at radius 1 is 1.30 bits per heavy atom. The monoisotopic (exact) mass is 292 g/mol. The van der Waals surface area contributed by atoms with Crippen LogP contribution in [-0.2, 0) is 30.9 Å². The number of methoxy groups -OCH3 is 1. The van der Waals surface area contributed by atoms with Crippen LogP contribution in [0.4, 0.5) is 0 Å². The maximum atomic E-state index is 5.79. The van der Waals surface area contributed by atoms with Crippen molar-refractivity contribution < 1.29 is 9.47 Å². The molecule has 5 heteroatoms. The number of benzene rings is 1. The summed E-state index contributed by atoms with van der Waals surface area (Å²) in [5.74, 6) is 0.877. The molecule has 0 bridgehead atoms. The molecule has 0 aliphatic rings. The molecule has 2 N–H and O–H groups in total. The minimum atomic E-state index is 0.467. The highest BCUT2D eigenvalue weighted by Gasteiger charge is 2.10. The van der Waals surface area contributed by atoms with Crippen LogP contribution in [0.5, 0.6) is 5.75 Å². The third-order valence-electron chi connectivity index (χ3n) is 2.96. The lowest BCUT2D eigenvalue weighted by molar-refractivity contribution is 0.181. The van der Waals surface area contributed by atoms with Gasteiger partial charge in [0.1, 0.15) is 17.4 Å². The molecular formula is C15H20N2O2S. The van der Waals surface area contributed by atoms with Gasteiger partial charge in [-0.1, -0.05) is 19.1 Å². The van der Waals surface area contributed by atoms with Gasteiger partial charge in [-0.3, -0.25) is 0 Å². The maximum absolute atomic E-state index is 5.79. The number of ether oxygens (including phenoxy) is 2. The molecule has 0 aliphatic heterocycles. The Kier molecular flexibility index (Phi) is 5.52. The van der Waals surface area contributed by atoms with Gasteiger partial charge in [0.05, 0.1) is 12.3 Å². The molecular weight excluding hydrogens is 272 g/mol. The van der Waals surface area contributed by atoms with E-state index in [1.165, 1.54) is 5.56 Å². The van der Waals surface area contributed by atoms with Crippen molar-refractivity contribution in [2.45, 2.75) is 33.1 Å². The minimum Gasteiger partial charge on any atom is -0.486 e. The Bertz CT molecular complexity index is 555. The number of hydrogen-bond donors (Lipinski definition) is 1. The third-order valence-corrected chi connectivity index (χ3v) is 4.05.